The van der Waals surface area contributed by atoms with Gasteiger partial charge in [0.1, 0.15) is 0 Å². The lowest BCUT2D eigenvalue weighted by atomic mass is 9.75. The number of allylic oxidation sites excluding steroid dienone is 3. The van der Waals surface area contributed by atoms with Gasteiger partial charge in [-0.1, -0.05) is 36.4 Å². The molecule has 0 saturated carbocycles. The number of rotatable bonds is 7. The highest BCUT2D eigenvalue weighted by Crippen LogP contribution is 2.44. The van der Waals surface area contributed by atoms with E-state index in [1.54, 1.807) is 20.3 Å². The van der Waals surface area contributed by atoms with Gasteiger partial charge in [-0.3, -0.25) is 4.79 Å². The van der Waals surface area contributed by atoms with Crippen molar-refractivity contribution in [3.63, 3.8) is 0 Å². The normalized spacial score (nSPS) is 17.9. The Hall–Kier alpha value is -3.54. The molecular weight excluding hydrogens is 418 g/mol. The molecule has 0 aromatic heterocycles. The van der Waals surface area contributed by atoms with E-state index < -0.39 is 11.9 Å². The second-order valence-corrected chi connectivity index (χ2v) is 8.25. The number of hydrogen-bond acceptors (Lipinski definition) is 6. The largest absolute Gasteiger partial charge is 0.493 e. The van der Waals surface area contributed by atoms with E-state index in [0.29, 0.717) is 41.2 Å². The highest BCUT2D eigenvalue weighted by Gasteiger charge is 2.39. The van der Waals surface area contributed by atoms with Gasteiger partial charge < -0.3 is 19.5 Å². The van der Waals surface area contributed by atoms with Gasteiger partial charge in [0.25, 0.3) is 0 Å². The van der Waals surface area contributed by atoms with Gasteiger partial charge in [0.2, 0.25) is 0 Å². The first kappa shape index (κ1) is 22.6. The fourth-order valence-corrected chi connectivity index (χ4v) is 4.60. The highest BCUT2D eigenvalue weighted by atomic mass is 16.5. The number of ether oxygens (including phenoxy) is 3. The summed E-state index contributed by atoms with van der Waals surface area (Å²) in [6.07, 6.45) is 2.67. The van der Waals surface area contributed by atoms with E-state index in [2.05, 4.69) is 5.32 Å². The van der Waals surface area contributed by atoms with Crippen molar-refractivity contribution < 1.29 is 23.8 Å². The summed E-state index contributed by atoms with van der Waals surface area (Å²) in [6, 6.07) is 15.4. The van der Waals surface area contributed by atoms with Crippen molar-refractivity contribution >= 4 is 11.8 Å². The summed E-state index contributed by atoms with van der Waals surface area (Å²) in [5.74, 6) is 0.268. The van der Waals surface area contributed by atoms with E-state index in [9.17, 15) is 9.59 Å². The molecule has 0 amide bonds. The van der Waals surface area contributed by atoms with Crippen LogP contribution in [0.5, 0.6) is 11.5 Å². The molecule has 1 aliphatic heterocycles. The standard InChI is InChI=1S/C27H29NO5/c1-17-24(27(30)33-15-14-18-8-5-4-6-9-18)25(26-20(28-17)10-7-11-21(26)29)19-12-13-22(31-2)23(16-19)32-3/h4-6,8-9,12-13,16,25,28H,7,10-11,14-15H2,1-3H3/t25-/m0/s1. The van der Waals surface area contributed by atoms with Crippen LogP contribution in [-0.4, -0.2) is 32.6 Å². The topological polar surface area (TPSA) is 73.9 Å². The number of benzene rings is 2. The Morgan fingerprint density at radius 2 is 1.79 bits per heavy atom. The lowest BCUT2D eigenvalue weighted by molar-refractivity contribution is -0.139. The van der Waals surface area contributed by atoms with Crippen molar-refractivity contribution in [2.75, 3.05) is 20.8 Å². The van der Waals surface area contributed by atoms with Gasteiger partial charge in [-0.15, -0.1) is 0 Å². The molecular formula is C27H29NO5. The minimum Gasteiger partial charge on any atom is -0.493 e. The molecule has 6 nitrogen and oxygen atoms in total. The smallest absolute Gasteiger partial charge is 0.336 e. The van der Waals surface area contributed by atoms with E-state index in [-0.39, 0.29) is 12.4 Å². The van der Waals surface area contributed by atoms with Crippen molar-refractivity contribution in [3.05, 3.63) is 82.2 Å². The third-order valence-corrected chi connectivity index (χ3v) is 6.20. The van der Waals surface area contributed by atoms with Crippen LogP contribution in [0.3, 0.4) is 0 Å². The maximum Gasteiger partial charge on any atom is 0.336 e. The Balaban J connectivity index is 1.68. The number of esters is 1. The molecule has 0 saturated heterocycles. The molecule has 6 heteroatoms. The molecule has 4 rings (SSSR count). The molecule has 0 unspecified atom stereocenters. The molecule has 2 aromatic rings. The molecule has 1 heterocycles. The van der Waals surface area contributed by atoms with Crippen LogP contribution >= 0.6 is 0 Å². The van der Waals surface area contributed by atoms with Crippen LogP contribution < -0.4 is 14.8 Å². The number of Topliss-reactive ketones (excluding diaryl/α,β-unsaturated/α-hetero) is 1. The monoisotopic (exact) mass is 447 g/mol. The Bertz CT molecular complexity index is 1120. The highest BCUT2D eigenvalue weighted by molar-refractivity contribution is 6.03. The summed E-state index contributed by atoms with van der Waals surface area (Å²) in [7, 11) is 3.15. The van der Waals surface area contributed by atoms with Gasteiger partial charge in [0, 0.05) is 35.7 Å². The van der Waals surface area contributed by atoms with E-state index in [1.165, 1.54) is 0 Å². The van der Waals surface area contributed by atoms with E-state index in [1.807, 2.05) is 49.4 Å². The molecule has 1 aliphatic carbocycles. The third-order valence-electron chi connectivity index (χ3n) is 6.20. The summed E-state index contributed by atoms with van der Waals surface area (Å²) in [6.45, 7) is 2.13. The molecule has 0 spiro atoms. The van der Waals surface area contributed by atoms with Gasteiger partial charge in [-0.05, 0) is 43.0 Å². The predicted molar refractivity (Wildman–Crippen MR) is 125 cm³/mol. The van der Waals surface area contributed by atoms with Crippen molar-refractivity contribution in [2.45, 2.75) is 38.5 Å². The minimum absolute atomic E-state index is 0.0608. The Labute approximate surface area is 194 Å². The summed E-state index contributed by atoms with van der Waals surface area (Å²) >= 11 is 0. The van der Waals surface area contributed by atoms with Crippen LogP contribution in [0.25, 0.3) is 0 Å². The number of ketones is 1. The van der Waals surface area contributed by atoms with E-state index >= 15 is 0 Å². The third kappa shape index (κ3) is 4.65. The van der Waals surface area contributed by atoms with Crippen molar-refractivity contribution in [3.8, 4) is 11.5 Å². The van der Waals surface area contributed by atoms with Gasteiger partial charge in [-0.2, -0.15) is 0 Å². The lowest BCUT2D eigenvalue weighted by Crippen LogP contribution is -2.34. The molecule has 0 fully saturated rings. The maximum atomic E-state index is 13.3. The first-order valence-corrected chi connectivity index (χ1v) is 11.2. The number of carbonyl (C=O) groups excluding carboxylic acids is 2. The zero-order valence-corrected chi connectivity index (χ0v) is 19.3. The molecule has 172 valence electrons. The summed E-state index contributed by atoms with van der Waals surface area (Å²) in [5.41, 5.74) is 4.61. The fourth-order valence-electron chi connectivity index (χ4n) is 4.60. The van der Waals surface area contributed by atoms with Crippen molar-refractivity contribution in [1.82, 2.24) is 5.32 Å². The number of dihydropyridines is 1. The Kier molecular flexibility index (Phi) is 6.82. The van der Waals surface area contributed by atoms with Gasteiger partial charge >= 0.3 is 5.97 Å². The second-order valence-electron chi connectivity index (χ2n) is 8.25. The number of nitrogens with one attached hydrogen (secondary N) is 1. The number of carbonyl (C=O) groups is 2. The first-order chi connectivity index (χ1) is 16.0. The Morgan fingerprint density at radius 3 is 2.52 bits per heavy atom. The van der Waals surface area contributed by atoms with Gasteiger partial charge in [0.15, 0.2) is 17.3 Å². The average Bonchev–Trinajstić information content (AvgIpc) is 2.83. The average molecular weight is 448 g/mol. The molecule has 0 bridgehead atoms. The first-order valence-electron chi connectivity index (χ1n) is 11.2. The van der Waals surface area contributed by atoms with Crippen LogP contribution in [0.15, 0.2) is 71.1 Å². The van der Waals surface area contributed by atoms with Crippen LogP contribution in [0.1, 0.15) is 43.2 Å². The zero-order chi connectivity index (χ0) is 23.4. The van der Waals surface area contributed by atoms with E-state index in [4.69, 9.17) is 14.2 Å². The summed E-state index contributed by atoms with van der Waals surface area (Å²) in [4.78, 5) is 26.4. The second kappa shape index (κ2) is 9.94. The molecule has 33 heavy (non-hydrogen) atoms. The summed E-state index contributed by atoms with van der Waals surface area (Å²) < 4.78 is 16.6. The maximum absolute atomic E-state index is 13.3. The predicted octanol–water partition coefficient (Wildman–Crippen LogP) is 4.46. The molecule has 1 atom stereocenters. The molecule has 2 aromatic carbocycles. The minimum atomic E-state index is -0.516. The van der Waals surface area contributed by atoms with Crippen molar-refractivity contribution in [1.29, 1.82) is 0 Å². The van der Waals surface area contributed by atoms with Crippen LogP contribution in [0.4, 0.5) is 0 Å². The number of methoxy groups -OCH3 is 2. The SMILES string of the molecule is COc1ccc([C@H]2C(C(=O)OCCc3ccccc3)=C(C)NC3=C2C(=O)CCC3)cc1OC. The zero-order valence-electron chi connectivity index (χ0n) is 19.3. The van der Waals surface area contributed by atoms with Crippen LogP contribution in [0, 0.1) is 0 Å². The summed E-state index contributed by atoms with van der Waals surface area (Å²) in [5, 5.41) is 3.32. The Morgan fingerprint density at radius 1 is 1.03 bits per heavy atom. The fraction of sp³-hybridized carbons (Fsp3) is 0.333. The quantitative estimate of drug-likeness (QED) is 0.632. The molecule has 0 radical (unpaired) electrons. The van der Waals surface area contributed by atoms with Crippen LogP contribution in [0.2, 0.25) is 0 Å². The van der Waals surface area contributed by atoms with Gasteiger partial charge in [-0.25, -0.2) is 4.79 Å². The van der Waals surface area contributed by atoms with E-state index in [0.717, 1.165) is 29.7 Å². The molecule has 2 aliphatic rings. The lowest BCUT2D eigenvalue weighted by Gasteiger charge is -2.34. The van der Waals surface area contributed by atoms with Crippen molar-refractivity contribution in [2.24, 2.45) is 0 Å². The van der Waals surface area contributed by atoms with Crippen LogP contribution in [-0.2, 0) is 20.7 Å². The van der Waals surface area contributed by atoms with Gasteiger partial charge in [0.05, 0.1) is 26.4 Å². The molecule has 1 N–H and O–H groups in total. The number of hydrogen-bond donors (Lipinski definition) is 1.